The molecule has 2 aromatic heterocycles. The van der Waals surface area contributed by atoms with Crippen LogP contribution in [0, 0.1) is 0 Å². The standard InChI is InChI=1S/C22H23N3O4/c1-27-18-7-6-16(19(28-2)20(18)29-3)22(26)25-11-8-14(9-12-25)17-13-24-21-15(17)5-4-10-23-21/h4-8,10,13H,9,11-12H2,1-3H3,(H,23,24). The maximum atomic E-state index is 13.2. The Morgan fingerprint density at radius 2 is 1.93 bits per heavy atom. The Kier molecular flexibility index (Phi) is 5.12. The van der Waals surface area contributed by atoms with E-state index in [2.05, 4.69) is 22.1 Å². The third-order valence-corrected chi connectivity index (χ3v) is 5.23. The van der Waals surface area contributed by atoms with E-state index >= 15 is 0 Å². The number of nitrogens with one attached hydrogen (secondary N) is 1. The molecule has 0 unspecified atom stereocenters. The van der Waals surface area contributed by atoms with Crippen LogP contribution in [0.4, 0.5) is 0 Å². The molecule has 3 aromatic rings. The van der Waals surface area contributed by atoms with Crippen LogP contribution in [0.15, 0.2) is 42.7 Å². The number of ether oxygens (including phenoxy) is 3. The molecular formula is C22H23N3O4. The fraction of sp³-hybridized carbons (Fsp3) is 0.273. The van der Waals surface area contributed by atoms with Gasteiger partial charge in [-0.1, -0.05) is 6.08 Å². The van der Waals surface area contributed by atoms with Crippen LogP contribution in [-0.4, -0.2) is 55.2 Å². The van der Waals surface area contributed by atoms with Crippen molar-refractivity contribution < 1.29 is 19.0 Å². The van der Waals surface area contributed by atoms with Crippen molar-refractivity contribution in [1.29, 1.82) is 0 Å². The highest BCUT2D eigenvalue weighted by Gasteiger charge is 2.26. The summed E-state index contributed by atoms with van der Waals surface area (Å²) in [6.45, 7) is 1.15. The molecule has 7 nitrogen and oxygen atoms in total. The fourth-order valence-corrected chi connectivity index (χ4v) is 3.76. The van der Waals surface area contributed by atoms with Crippen molar-refractivity contribution in [3.63, 3.8) is 0 Å². The lowest BCUT2D eigenvalue weighted by Gasteiger charge is -2.27. The molecule has 0 fully saturated rings. The van der Waals surface area contributed by atoms with Gasteiger partial charge in [-0.2, -0.15) is 0 Å². The first-order valence-electron chi connectivity index (χ1n) is 9.37. The van der Waals surface area contributed by atoms with Crippen LogP contribution in [0.1, 0.15) is 22.3 Å². The van der Waals surface area contributed by atoms with Crippen LogP contribution in [-0.2, 0) is 0 Å². The van der Waals surface area contributed by atoms with Gasteiger partial charge in [0.2, 0.25) is 5.75 Å². The number of benzene rings is 1. The summed E-state index contributed by atoms with van der Waals surface area (Å²) >= 11 is 0. The topological polar surface area (TPSA) is 76.7 Å². The first kappa shape index (κ1) is 18.9. The second-order valence-electron chi connectivity index (χ2n) is 6.71. The van der Waals surface area contributed by atoms with Gasteiger partial charge in [-0.05, 0) is 36.3 Å². The summed E-state index contributed by atoms with van der Waals surface area (Å²) in [4.78, 5) is 22.5. The molecule has 0 radical (unpaired) electrons. The van der Waals surface area contributed by atoms with E-state index in [4.69, 9.17) is 14.2 Å². The first-order valence-corrected chi connectivity index (χ1v) is 9.37. The highest BCUT2D eigenvalue weighted by Crippen LogP contribution is 2.40. The number of H-pyrrole nitrogens is 1. The van der Waals surface area contributed by atoms with E-state index in [9.17, 15) is 4.79 Å². The lowest BCUT2D eigenvalue weighted by Crippen LogP contribution is -2.34. The largest absolute Gasteiger partial charge is 0.493 e. The van der Waals surface area contributed by atoms with E-state index in [1.807, 2.05) is 12.3 Å². The molecule has 1 aliphatic rings. The smallest absolute Gasteiger partial charge is 0.258 e. The molecule has 1 aliphatic heterocycles. The minimum atomic E-state index is -0.0984. The van der Waals surface area contributed by atoms with Gasteiger partial charge in [0.05, 0.1) is 26.9 Å². The molecule has 0 saturated heterocycles. The molecule has 7 heteroatoms. The van der Waals surface area contributed by atoms with Gasteiger partial charge in [-0.3, -0.25) is 4.79 Å². The molecule has 4 rings (SSSR count). The predicted molar refractivity (Wildman–Crippen MR) is 111 cm³/mol. The Balaban J connectivity index is 1.59. The van der Waals surface area contributed by atoms with Crippen LogP contribution >= 0.6 is 0 Å². The lowest BCUT2D eigenvalue weighted by molar-refractivity contribution is 0.0768. The molecule has 0 bridgehead atoms. The fourth-order valence-electron chi connectivity index (χ4n) is 3.76. The number of pyridine rings is 1. The van der Waals surface area contributed by atoms with Gasteiger partial charge < -0.3 is 24.1 Å². The molecule has 1 aromatic carbocycles. The highest BCUT2D eigenvalue weighted by atomic mass is 16.5. The summed E-state index contributed by atoms with van der Waals surface area (Å²) in [5, 5.41) is 1.10. The summed E-state index contributed by atoms with van der Waals surface area (Å²) in [7, 11) is 4.60. The van der Waals surface area contributed by atoms with E-state index in [1.165, 1.54) is 19.8 Å². The van der Waals surface area contributed by atoms with Gasteiger partial charge in [0, 0.05) is 36.4 Å². The van der Waals surface area contributed by atoms with Crippen LogP contribution in [0.2, 0.25) is 0 Å². The van der Waals surface area contributed by atoms with Crippen LogP contribution < -0.4 is 14.2 Å². The molecule has 0 aliphatic carbocycles. The van der Waals surface area contributed by atoms with Crippen molar-refractivity contribution in [2.45, 2.75) is 6.42 Å². The third-order valence-electron chi connectivity index (χ3n) is 5.23. The Hall–Kier alpha value is -3.48. The quantitative estimate of drug-likeness (QED) is 0.718. The molecule has 3 heterocycles. The number of carbonyl (C=O) groups excluding carboxylic acids is 1. The van der Waals surface area contributed by atoms with E-state index < -0.39 is 0 Å². The van der Waals surface area contributed by atoms with Gasteiger partial charge in [0.1, 0.15) is 5.65 Å². The zero-order valence-corrected chi connectivity index (χ0v) is 16.7. The summed E-state index contributed by atoms with van der Waals surface area (Å²) in [5.41, 5.74) is 3.69. The summed E-state index contributed by atoms with van der Waals surface area (Å²) < 4.78 is 16.2. The molecule has 1 amide bonds. The average molecular weight is 393 g/mol. The van der Waals surface area contributed by atoms with Gasteiger partial charge in [-0.25, -0.2) is 4.98 Å². The molecule has 0 atom stereocenters. The summed E-state index contributed by atoms with van der Waals surface area (Å²) in [5.74, 6) is 1.23. The maximum absolute atomic E-state index is 13.2. The second-order valence-corrected chi connectivity index (χ2v) is 6.71. The number of hydrogen-bond donors (Lipinski definition) is 1. The zero-order chi connectivity index (χ0) is 20.4. The van der Waals surface area contributed by atoms with Crippen molar-refractivity contribution in [3.05, 3.63) is 53.9 Å². The monoisotopic (exact) mass is 393 g/mol. The summed E-state index contributed by atoms with van der Waals surface area (Å²) in [6, 6.07) is 7.43. The third kappa shape index (κ3) is 3.29. The normalized spacial score (nSPS) is 13.9. The van der Waals surface area contributed by atoms with Crippen molar-refractivity contribution in [2.75, 3.05) is 34.4 Å². The van der Waals surface area contributed by atoms with Gasteiger partial charge in [-0.15, -0.1) is 0 Å². The van der Waals surface area contributed by atoms with Crippen molar-refractivity contribution >= 4 is 22.5 Å². The number of aromatic nitrogens is 2. The van der Waals surface area contributed by atoms with Crippen molar-refractivity contribution in [2.24, 2.45) is 0 Å². The number of fused-ring (bicyclic) bond motifs is 1. The number of methoxy groups -OCH3 is 3. The maximum Gasteiger partial charge on any atom is 0.258 e. The van der Waals surface area contributed by atoms with Crippen molar-refractivity contribution in [3.8, 4) is 17.2 Å². The highest BCUT2D eigenvalue weighted by molar-refractivity contribution is 5.99. The van der Waals surface area contributed by atoms with Gasteiger partial charge in [0.25, 0.3) is 5.91 Å². The molecular weight excluding hydrogens is 370 g/mol. The van der Waals surface area contributed by atoms with E-state index in [-0.39, 0.29) is 5.91 Å². The number of aromatic amines is 1. The van der Waals surface area contributed by atoms with E-state index in [0.717, 1.165) is 23.0 Å². The number of hydrogen-bond acceptors (Lipinski definition) is 5. The number of carbonyl (C=O) groups is 1. The minimum absolute atomic E-state index is 0.0984. The molecule has 0 saturated carbocycles. The van der Waals surface area contributed by atoms with E-state index in [1.54, 1.807) is 30.3 Å². The SMILES string of the molecule is COc1ccc(C(=O)N2CC=C(c3c[nH]c4ncccc34)CC2)c(OC)c1OC. The first-order chi connectivity index (χ1) is 14.2. The van der Waals surface area contributed by atoms with Crippen molar-refractivity contribution in [1.82, 2.24) is 14.9 Å². The van der Waals surface area contributed by atoms with Crippen LogP contribution in [0.25, 0.3) is 16.6 Å². The Bertz CT molecular complexity index is 1090. The Morgan fingerprint density at radius 3 is 2.62 bits per heavy atom. The number of rotatable bonds is 5. The molecule has 0 spiro atoms. The minimum Gasteiger partial charge on any atom is -0.493 e. The van der Waals surface area contributed by atoms with Gasteiger partial charge in [0.15, 0.2) is 11.5 Å². The Morgan fingerprint density at radius 1 is 1.10 bits per heavy atom. The summed E-state index contributed by atoms with van der Waals surface area (Å²) in [6.07, 6.45) is 6.63. The Labute approximate surface area is 168 Å². The number of nitrogens with zero attached hydrogens (tertiary/aromatic N) is 2. The number of amides is 1. The van der Waals surface area contributed by atoms with E-state index in [0.29, 0.717) is 35.9 Å². The second kappa shape index (κ2) is 7.87. The van der Waals surface area contributed by atoms with Gasteiger partial charge >= 0.3 is 0 Å². The molecule has 1 N–H and O–H groups in total. The molecule has 150 valence electrons. The van der Waals surface area contributed by atoms with Crippen LogP contribution in [0.3, 0.4) is 0 Å². The lowest BCUT2D eigenvalue weighted by atomic mass is 9.99. The zero-order valence-electron chi connectivity index (χ0n) is 16.7. The average Bonchev–Trinajstić information content (AvgIpc) is 3.21. The molecule has 29 heavy (non-hydrogen) atoms. The predicted octanol–water partition coefficient (Wildman–Crippen LogP) is 3.52. The van der Waals surface area contributed by atoms with Crippen LogP contribution in [0.5, 0.6) is 17.2 Å².